The Morgan fingerprint density at radius 3 is 2.78 bits per heavy atom. The van der Waals surface area contributed by atoms with Gasteiger partial charge in [-0.3, -0.25) is 14.4 Å². The first-order chi connectivity index (χ1) is 11.0. The summed E-state index contributed by atoms with van der Waals surface area (Å²) in [6, 6.07) is 3.01. The van der Waals surface area contributed by atoms with E-state index in [1.54, 1.807) is 16.3 Å². The van der Waals surface area contributed by atoms with Crippen LogP contribution in [-0.2, 0) is 14.8 Å². The smallest absolute Gasteiger partial charge is 0.265 e. The van der Waals surface area contributed by atoms with Crippen molar-refractivity contribution >= 4 is 38.2 Å². The van der Waals surface area contributed by atoms with Crippen LogP contribution < -0.4 is 9.62 Å². The average molecular weight is 352 g/mol. The standard InChI is InChI=1S/C14H16N4O3S2/c1-2-10-5-7-18(13(10)19)12-4-3-11(9-16-12)23(20,21)17-14-15-6-8-22-14/h3-4,6,8-10H,2,5,7H2,1H3,(H,15,17)/t10-/m0/s1. The summed E-state index contributed by atoms with van der Waals surface area (Å²) in [5.74, 6) is 0.572. The Kier molecular flexibility index (Phi) is 4.31. The largest absolute Gasteiger partial charge is 0.297 e. The van der Waals surface area contributed by atoms with E-state index >= 15 is 0 Å². The quantitative estimate of drug-likeness (QED) is 0.889. The van der Waals surface area contributed by atoms with Gasteiger partial charge in [-0.2, -0.15) is 0 Å². The summed E-state index contributed by atoms with van der Waals surface area (Å²) >= 11 is 1.20. The number of amides is 1. The van der Waals surface area contributed by atoms with E-state index in [0.717, 1.165) is 12.8 Å². The van der Waals surface area contributed by atoms with E-state index in [1.165, 1.54) is 29.8 Å². The third kappa shape index (κ3) is 3.20. The highest BCUT2D eigenvalue weighted by molar-refractivity contribution is 7.93. The van der Waals surface area contributed by atoms with Crippen molar-refractivity contribution in [3.8, 4) is 0 Å². The van der Waals surface area contributed by atoms with Crippen LogP contribution in [0.5, 0.6) is 0 Å². The third-order valence-corrected chi connectivity index (χ3v) is 5.91. The first-order valence-corrected chi connectivity index (χ1v) is 9.57. The lowest BCUT2D eigenvalue weighted by atomic mass is 10.1. The molecule has 122 valence electrons. The number of sulfonamides is 1. The predicted octanol–water partition coefficient (Wildman–Crippen LogP) is 2.10. The van der Waals surface area contributed by atoms with E-state index in [-0.39, 0.29) is 16.7 Å². The Morgan fingerprint density at radius 1 is 1.39 bits per heavy atom. The molecule has 2 aromatic rings. The second-order valence-electron chi connectivity index (χ2n) is 5.18. The Balaban J connectivity index is 1.78. The number of aromatic nitrogens is 2. The SMILES string of the molecule is CC[C@H]1CCN(c2ccc(S(=O)(=O)Nc3nccs3)cn2)C1=O. The van der Waals surface area contributed by atoms with Crippen LogP contribution in [0.15, 0.2) is 34.8 Å². The molecule has 0 aliphatic carbocycles. The molecule has 0 radical (unpaired) electrons. The Bertz CT molecular complexity index is 788. The summed E-state index contributed by atoms with van der Waals surface area (Å²) in [6.45, 7) is 2.60. The lowest BCUT2D eigenvalue weighted by molar-refractivity contribution is -0.120. The summed E-state index contributed by atoms with van der Waals surface area (Å²) in [6.07, 6.45) is 4.40. The van der Waals surface area contributed by atoms with Crippen molar-refractivity contribution in [2.75, 3.05) is 16.2 Å². The van der Waals surface area contributed by atoms with Crippen molar-refractivity contribution in [3.05, 3.63) is 29.9 Å². The summed E-state index contributed by atoms with van der Waals surface area (Å²) in [5.41, 5.74) is 0. The van der Waals surface area contributed by atoms with E-state index in [2.05, 4.69) is 14.7 Å². The van der Waals surface area contributed by atoms with Gasteiger partial charge in [-0.1, -0.05) is 6.92 Å². The lowest BCUT2D eigenvalue weighted by Crippen LogP contribution is -2.27. The van der Waals surface area contributed by atoms with Gasteiger partial charge in [0.1, 0.15) is 10.7 Å². The van der Waals surface area contributed by atoms with E-state index in [0.29, 0.717) is 17.5 Å². The second kappa shape index (κ2) is 6.25. The fraction of sp³-hybridized carbons (Fsp3) is 0.357. The van der Waals surface area contributed by atoms with Crippen LogP contribution in [0.2, 0.25) is 0 Å². The molecule has 1 N–H and O–H groups in total. The van der Waals surface area contributed by atoms with Gasteiger partial charge in [-0.05, 0) is 25.0 Å². The monoisotopic (exact) mass is 352 g/mol. The molecular formula is C14H16N4O3S2. The van der Waals surface area contributed by atoms with E-state index < -0.39 is 10.0 Å². The molecule has 1 amide bonds. The number of hydrogen-bond acceptors (Lipinski definition) is 6. The van der Waals surface area contributed by atoms with Crippen LogP contribution in [-0.4, -0.2) is 30.8 Å². The number of thiazole rings is 1. The Morgan fingerprint density at radius 2 is 2.22 bits per heavy atom. The highest BCUT2D eigenvalue weighted by Gasteiger charge is 2.31. The number of nitrogens with zero attached hydrogens (tertiary/aromatic N) is 3. The minimum atomic E-state index is -3.72. The van der Waals surface area contributed by atoms with Gasteiger partial charge in [0.2, 0.25) is 5.91 Å². The zero-order valence-electron chi connectivity index (χ0n) is 12.5. The summed E-state index contributed by atoms with van der Waals surface area (Å²) in [5, 5.41) is 1.98. The van der Waals surface area contributed by atoms with Crippen molar-refractivity contribution in [1.82, 2.24) is 9.97 Å². The van der Waals surface area contributed by atoms with Crippen molar-refractivity contribution < 1.29 is 13.2 Å². The molecular weight excluding hydrogens is 336 g/mol. The third-order valence-electron chi connectivity index (χ3n) is 3.77. The van der Waals surface area contributed by atoms with Gasteiger partial charge in [0.05, 0.1) is 0 Å². The number of anilines is 2. The van der Waals surface area contributed by atoms with Crippen LogP contribution in [0, 0.1) is 5.92 Å². The molecule has 2 aromatic heterocycles. The molecule has 1 aliphatic rings. The summed E-state index contributed by atoms with van der Waals surface area (Å²) in [4.78, 5) is 21.9. The number of nitrogens with one attached hydrogen (secondary N) is 1. The Hall–Kier alpha value is -2.00. The maximum atomic E-state index is 12.2. The number of pyridine rings is 1. The fourth-order valence-electron chi connectivity index (χ4n) is 2.48. The highest BCUT2D eigenvalue weighted by Crippen LogP contribution is 2.26. The van der Waals surface area contributed by atoms with E-state index in [1.807, 2.05) is 6.92 Å². The number of hydrogen-bond donors (Lipinski definition) is 1. The molecule has 0 unspecified atom stereocenters. The maximum Gasteiger partial charge on any atom is 0.265 e. The molecule has 0 bridgehead atoms. The fourth-order valence-corrected chi connectivity index (χ4v) is 4.22. The first kappa shape index (κ1) is 15.9. The zero-order chi connectivity index (χ0) is 16.4. The van der Waals surface area contributed by atoms with Gasteiger partial charge >= 0.3 is 0 Å². The van der Waals surface area contributed by atoms with Gasteiger partial charge in [-0.15, -0.1) is 11.3 Å². The van der Waals surface area contributed by atoms with E-state index in [4.69, 9.17) is 0 Å². The average Bonchev–Trinajstić information content (AvgIpc) is 3.16. The first-order valence-electron chi connectivity index (χ1n) is 7.21. The molecule has 23 heavy (non-hydrogen) atoms. The molecule has 0 spiro atoms. The minimum Gasteiger partial charge on any atom is -0.297 e. The van der Waals surface area contributed by atoms with Crippen LogP contribution in [0.1, 0.15) is 19.8 Å². The highest BCUT2D eigenvalue weighted by atomic mass is 32.2. The maximum absolute atomic E-state index is 12.2. The molecule has 7 nitrogen and oxygen atoms in total. The zero-order valence-corrected chi connectivity index (χ0v) is 14.1. The van der Waals surface area contributed by atoms with Gasteiger partial charge in [0, 0.05) is 30.2 Å². The number of carbonyl (C=O) groups is 1. The van der Waals surface area contributed by atoms with Gasteiger partial charge in [0.25, 0.3) is 10.0 Å². The molecule has 1 aliphatic heterocycles. The number of rotatable bonds is 5. The van der Waals surface area contributed by atoms with Gasteiger partial charge < -0.3 is 0 Å². The van der Waals surface area contributed by atoms with Crippen molar-refractivity contribution in [2.45, 2.75) is 24.7 Å². The molecule has 0 aromatic carbocycles. The molecule has 0 saturated carbocycles. The predicted molar refractivity (Wildman–Crippen MR) is 87.9 cm³/mol. The minimum absolute atomic E-state index is 0.0341. The number of carbonyl (C=O) groups excluding carboxylic acids is 1. The molecule has 3 rings (SSSR count). The van der Waals surface area contributed by atoms with Crippen molar-refractivity contribution in [2.24, 2.45) is 5.92 Å². The topological polar surface area (TPSA) is 92.3 Å². The Labute approximate surface area is 138 Å². The summed E-state index contributed by atoms with van der Waals surface area (Å²) < 4.78 is 26.8. The normalized spacial score (nSPS) is 18.4. The lowest BCUT2D eigenvalue weighted by Gasteiger charge is -2.15. The summed E-state index contributed by atoms with van der Waals surface area (Å²) in [7, 11) is -3.72. The molecule has 9 heteroatoms. The molecule has 1 fully saturated rings. The molecule has 1 saturated heterocycles. The van der Waals surface area contributed by atoms with Crippen LogP contribution in [0.25, 0.3) is 0 Å². The van der Waals surface area contributed by atoms with Crippen molar-refractivity contribution in [1.29, 1.82) is 0 Å². The van der Waals surface area contributed by atoms with Crippen LogP contribution in [0.4, 0.5) is 10.9 Å². The van der Waals surface area contributed by atoms with Crippen LogP contribution >= 0.6 is 11.3 Å². The van der Waals surface area contributed by atoms with Crippen LogP contribution in [0.3, 0.4) is 0 Å². The van der Waals surface area contributed by atoms with Gasteiger partial charge in [-0.25, -0.2) is 18.4 Å². The molecule has 1 atom stereocenters. The second-order valence-corrected chi connectivity index (χ2v) is 7.76. The van der Waals surface area contributed by atoms with Gasteiger partial charge in [0.15, 0.2) is 5.13 Å². The molecule has 3 heterocycles. The van der Waals surface area contributed by atoms with Crippen molar-refractivity contribution in [3.63, 3.8) is 0 Å². The van der Waals surface area contributed by atoms with E-state index in [9.17, 15) is 13.2 Å².